The summed E-state index contributed by atoms with van der Waals surface area (Å²) in [5.74, 6) is 0.761. The highest BCUT2D eigenvalue weighted by Crippen LogP contribution is 2.28. The summed E-state index contributed by atoms with van der Waals surface area (Å²) in [5, 5.41) is 0.762. The van der Waals surface area contributed by atoms with E-state index in [9.17, 15) is 0 Å². The van der Waals surface area contributed by atoms with Crippen molar-refractivity contribution >= 4 is 33.4 Å². The van der Waals surface area contributed by atoms with Crippen LogP contribution in [0.3, 0.4) is 0 Å². The van der Waals surface area contributed by atoms with Crippen LogP contribution < -0.4 is 5.73 Å². The fourth-order valence-corrected chi connectivity index (χ4v) is 2.80. The number of nitrogen functional groups attached to an aromatic ring is 1. The molecule has 0 atom stereocenters. The second-order valence-corrected chi connectivity index (χ2v) is 4.92. The normalized spacial score (nSPS) is 10.3. The van der Waals surface area contributed by atoms with Crippen molar-refractivity contribution < 1.29 is 0 Å². The van der Waals surface area contributed by atoms with Crippen LogP contribution in [0.1, 0.15) is 5.56 Å². The van der Waals surface area contributed by atoms with E-state index in [2.05, 4.69) is 25.9 Å². The molecule has 0 bridgehead atoms. The first kappa shape index (κ1) is 11.4. The molecule has 1 heterocycles. The Labute approximate surface area is 107 Å². The Bertz CT molecular complexity index is 456. The first-order valence-electron chi connectivity index (χ1n) is 4.70. The van der Waals surface area contributed by atoms with Crippen molar-refractivity contribution in [3.05, 3.63) is 46.7 Å². The highest BCUT2D eigenvalue weighted by molar-refractivity contribution is 9.10. The molecule has 0 unspecified atom stereocenters. The Kier molecular flexibility index (Phi) is 3.79. The van der Waals surface area contributed by atoms with E-state index in [0.29, 0.717) is 0 Å². The fourth-order valence-electron chi connectivity index (χ4n) is 1.22. The molecule has 3 nitrogen and oxygen atoms in total. The molecule has 5 heteroatoms. The van der Waals surface area contributed by atoms with Crippen molar-refractivity contribution in [2.24, 2.45) is 0 Å². The molecule has 1 aromatic heterocycles. The maximum Gasteiger partial charge on any atom is 0.187 e. The van der Waals surface area contributed by atoms with Crippen LogP contribution in [0.4, 0.5) is 5.69 Å². The number of benzene rings is 1. The Morgan fingerprint density at radius 3 is 2.62 bits per heavy atom. The van der Waals surface area contributed by atoms with Gasteiger partial charge < -0.3 is 5.73 Å². The van der Waals surface area contributed by atoms with Gasteiger partial charge in [0.1, 0.15) is 0 Å². The van der Waals surface area contributed by atoms with Gasteiger partial charge in [-0.15, -0.1) is 0 Å². The van der Waals surface area contributed by atoms with Crippen molar-refractivity contribution in [1.29, 1.82) is 0 Å². The molecule has 0 spiro atoms. The van der Waals surface area contributed by atoms with Gasteiger partial charge in [0, 0.05) is 28.3 Å². The highest BCUT2D eigenvalue weighted by Gasteiger charge is 2.05. The summed E-state index contributed by atoms with van der Waals surface area (Å²) < 4.78 is 1.02. The van der Waals surface area contributed by atoms with Gasteiger partial charge in [-0.1, -0.05) is 33.8 Å². The van der Waals surface area contributed by atoms with Gasteiger partial charge in [0.25, 0.3) is 0 Å². The number of hydrogen-bond donors (Lipinski definition) is 1. The van der Waals surface area contributed by atoms with Crippen molar-refractivity contribution in [3.63, 3.8) is 0 Å². The molecule has 0 radical (unpaired) electrons. The molecule has 0 fully saturated rings. The number of anilines is 1. The van der Waals surface area contributed by atoms with Crippen LogP contribution >= 0.6 is 27.7 Å². The van der Waals surface area contributed by atoms with Crippen molar-refractivity contribution in [2.75, 3.05) is 5.73 Å². The standard InChI is InChI=1S/C11H10BrN3S/c12-9-3-1-4-10(13)8(9)7-16-11-14-5-2-6-15-11/h1-6H,7,13H2. The number of aromatic nitrogens is 2. The van der Waals surface area contributed by atoms with Crippen LogP contribution in [0.15, 0.2) is 46.3 Å². The van der Waals surface area contributed by atoms with Gasteiger partial charge in [0.2, 0.25) is 0 Å². The zero-order valence-electron chi connectivity index (χ0n) is 8.43. The highest BCUT2D eigenvalue weighted by atomic mass is 79.9. The van der Waals surface area contributed by atoms with Crippen LogP contribution in [-0.4, -0.2) is 9.97 Å². The minimum atomic E-state index is 0.761. The number of thioether (sulfide) groups is 1. The smallest absolute Gasteiger partial charge is 0.187 e. The number of nitrogens with zero attached hydrogens (tertiary/aromatic N) is 2. The molecule has 1 aromatic carbocycles. The summed E-state index contributed by atoms with van der Waals surface area (Å²) in [7, 11) is 0. The summed E-state index contributed by atoms with van der Waals surface area (Å²) in [6.07, 6.45) is 3.47. The predicted octanol–water partition coefficient (Wildman–Crippen LogP) is 3.11. The molecular weight excluding hydrogens is 286 g/mol. The Morgan fingerprint density at radius 1 is 1.19 bits per heavy atom. The van der Waals surface area contributed by atoms with Gasteiger partial charge in [-0.3, -0.25) is 0 Å². The Hall–Kier alpha value is -1.07. The quantitative estimate of drug-likeness (QED) is 0.537. The maximum absolute atomic E-state index is 5.90. The van der Waals surface area contributed by atoms with E-state index in [-0.39, 0.29) is 0 Å². The third kappa shape index (κ3) is 2.74. The largest absolute Gasteiger partial charge is 0.398 e. The van der Waals surface area contributed by atoms with Crippen LogP contribution in [-0.2, 0) is 5.75 Å². The minimum Gasteiger partial charge on any atom is -0.398 e. The molecule has 2 aromatic rings. The first-order chi connectivity index (χ1) is 7.77. The average molecular weight is 296 g/mol. The van der Waals surface area contributed by atoms with Crippen molar-refractivity contribution in [1.82, 2.24) is 9.97 Å². The van der Waals surface area contributed by atoms with E-state index in [1.54, 1.807) is 30.2 Å². The maximum atomic E-state index is 5.90. The SMILES string of the molecule is Nc1cccc(Br)c1CSc1ncccn1. The summed E-state index contributed by atoms with van der Waals surface area (Å²) >= 11 is 5.06. The molecule has 2 rings (SSSR count). The van der Waals surface area contributed by atoms with E-state index < -0.39 is 0 Å². The number of hydrogen-bond acceptors (Lipinski definition) is 4. The third-order valence-corrected chi connectivity index (χ3v) is 3.69. The zero-order chi connectivity index (χ0) is 11.4. The van der Waals surface area contributed by atoms with Crippen molar-refractivity contribution in [3.8, 4) is 0 Å². The third-order valence-electron chi connectivity index (χ3n) is 2.04. The van der Waals surface area contributed by atoms with Gasteiger partial charge in [0.05, 0.1) is 0 Å². The molecule has 0 aliphatic rings. The average Bonchev–Trinajstić information content (AvgIpc) is 2.30. The summed E-state index contributed by atoms with van der Waals surface area (Å²) in [4.78, 5) is 8.30. The van der Waals surface area contributed by atoms with Gasteiger partial charge >= 0.3 is 0 Å². The molecule has 0 aliphatic carbocycles. The molecule has 82 valence electrons. The number of rotatable bonds is 3. The molecule has 2 N–H and O–H groups in total. The molecule has 0 saturated carbocycles. The minimum absolute atomic E-state index is 0.761. The topological polar surface area (TPSA) is 51.8 Å². The summed E-state index contributed by atoms with van der Waals surface area (Å²) in [6, 6.07) is 7.61. The molecule has 0 saturated heterocycles. The Morgan fingerprint density at radius 2 is 1.94 bits per heavy atom. The van der Waals surface area contributed by atoms with Gasteiger partial charge in [0.15, 0.2) is 5.16 Å². The zero-order valence-corrected chi connectivity index (χ0v) is 10.8. The monoisotopic (exact) mass is 295 g/mol. The van der Waals surface area contributed by atoms with E-state index in [4.69, 9.17) is 5.73 Å². The molecule has 0 amide bonds. The molecule has 16 heavy (non-hydrogen) atoms. The first-order valence-corrected chi connectivity index (χ1v) is 6.48. The van der Waals surface area contributed by atoms with E-state index in [1.807, 2.05) is 18.2 Å². The lowest BCUT2D eigenvalue weighted by molar-refractivity contribution is 0.966. The van der Waals surface area contributed by atoms with Crippen molar-refractivity contribution in [2.45, 2.75) is 10.9 Å². The second-order valence-electron chi connectivity index (χ2n) is 3.13. The van der Waals surface area contributed by atoms with Gasteiger partial charge in [-0.2, -0.15) is 0 Å². The van der Waals surface area contributed by atoms with Gasteiger partial charge in [-0.05, 0) is 23.8 Å². The lowest BCUT2D eigenvalue weighted by Gasteiger charge is -2.06. The van der Waals surface area contributed by atoms with Crippen LogP contribution in [0.5, 0.6) is 0 Å². The fraction of sp³-hybridized carbons (Fsp3) is 0.0909. The van der Waals surface area contributed by atoms with E-state index in [1.165, 1.54) is 0 Å². The molecule has 0 aliphatic heterocycles. The van der Waals surface area contributed by atoms with Gasteiger partial charge in [-0.25, -0.2) is 9.97 Å². The van der Waals surface area contributed by atoms with E-state index >= 15 is 0 Å². The van der Waals surface area contributed by atoms with E-state index in [0.717, 1.165) is 26.6 Å². The van der Waals surface area contributed by atoms with Crippen LogP contribution in [0, 0.1) is 0 Å². The van der Waals surface area contributed by atoms with Crippen LogP contribution in [0.2, 0.25) is 0 Å². The Balaban J connectivity index is 2.11. The number of nitrogens with two attached hydrogens (primary N) is 1. The predicted molar refractivity (Wildman–Crippen MR) is 70.1 cm³/mol. The number of halogens is 1. The molecular formula is C11H10BrN3S. The van der Waals surface area contributed by atoms with Crippen LogP contribution in [0.25, 0.3) is 0 Å². The lowest BCUT2D eigenvalue weighted by Crippen LogP contribution is -1.94. The second kappa shape index (κ2) is 5.32. The summed E-state index contributed by atoms with van der Waals surface area (Å²) in [5.41, 5.74) is 7.77. The summed E-state index contributed by atoms with van der Waals surface area (Å²) in [6.45, 7) is 0. The lowest BCUT2D eigenvalue weighted by atomic mass is 10.2.